The molecule has 4 heterocycles. The average Bonchev–Trinajstić information content (AvgIpc) is 3.51. The first-order valence-corrected chi connectivity index (χ1v) is 12.4. The Bertz CT molecular complexity index is 1620. The molecule has 0 aliphatic carbocycles. The van der Waals surface area contributed by atoms with E-state index in [1.807, 2.05) is 45.0 Å². The van der Waals surface area contributed by atoms with Gasteiger partial charge in [-0.15, -0.1) is 11.3 Å². The number of thiazole rings is 1. The third-order valence-corrected chi connectivity index (χ3v) is 7.20. The standard InChI is InChI=1S/C27H23F3N6OS/c1-26(2,3)22-15-33-25(38-22)35-24(37)34-20-5-4-18(12-19(20)27(28,29)30)21-14-32-23-13-17(8-11-36(21)23)16-6-9-31-10-7-16/h4-15H,1-3H3,(H2,33,34,35,37). The van der Waals surface area contributed by atoms with Gasteiger partial charge in [0.2, 0.25) is 0 Å². The number of pyridine rings is 2. The van der Waals surface area contributed by atoms with Gasteiger partial charge in [0.1, 0.15) is 5.65 Å². The number of anilines is 2. The van der Waals surface area contributed by atoms with E-state index in [4.69, 9.17) is 0 Å². The van der Waals surface area contributed by atoms with Crippen LogP contribution in [0.3, 0.4) is 0 Å². The predicted octanol–water partition coefficient (Wildman–Crippen LogP) is 7.48. The minimum absolute atomic E-state index is 0.161. The van der Waals surface area contributed by atoms with Gasteiger partial charge >= 0.3 is 12.2 Å². The second-order valence-corrected chi connectivity index (χ2v) is 10.7. The summed E-state index contributed by atoms with van der Waals surface area (Å²) in [5.41, 5.74) is 1.75. The van der Waals surface area contributed by atoms with Crippen LogP contribution in [-0.4, -0.2) is 25.4 Å². The fourth-order valence-corrected chi connectivity index (χ4v) is 4.76. The van der Waals surface area contributed by atoms with Crippen molar-refractivity contribution in [3.63, 3.8) is 0 Å². The Balaban J connectivity index is 1.42. The number of nitrogens with one attached hydrogen (secondary N) is 2. The number of hydrogen-bond acceptors (Lipinski definition) is 5. The van der Waals surface area contributed by atoms with Gasteiger partial charge in [0.15, 0.2) is 5.13 Å². The van der Waals surface area contributed by atoms with Gasteiger partial charge in [-0.2, -0.15) is 13.2 Å². The van der Waals surface area contributed by atoms with E-state index in [2.05, 4.69) is 25.6 Å². The Morgan fingerprint density at radius 3 is 2.34 bits per heavy atom. The monoisotopic (exact) mass is 536 g/mol. The molecule has 0 aliphatic heterocycles. The normalized spacial score (nSPS) is 12.1. The maximum atomic E-state index is 14.0. The second kappa shape index (κ2) is 9.56. The molecular weight excluding hydrogens is 513 g/mol. The van der Waals surface area contributed by atoms with Gasteiger partial charge in [0.05, 0.1) is 23.1 Å². The molecule has 11 heteroatoms. The van der Waals surface area contributed by atoms with Crippen molar-refractivity contribution in [2.24, 2.45) is 0 Å². The van der Waals surface area contributed by atoms with Crippen molar-refractivity contribution >= 4 is 33.8 Å². The highest BCUT2D eigenvalue weighted by molar-refractivity contribution is 7.15. The van der Waals surface area contributed by atoms with Crippen LogP contribution in [0, 0.1) is 0 Å². The lowest BCUT2D eigenvalue weighted by Gasteiger charge is -2.16. The molecule has 5 aromatic rings. The molecule has 0 aliphatic rings. The molecule has 4 aromatic heterocycles. The zero-order valence-corrected chi connectivity index (χ0v) is 21.5. The number of benzene rings is 1. The number of nitrogens with zero attached hydrogens (tertiary/aromatic N) is 4. The summed E-state index contributed by atoms with van der Waals surface area (Å²) in [4.78, 5) is 26.0. The van der Waals surface area contributed by atoms with Crippen LogP contribution >= 0.6 is 11.3 Å². The molecule has 194 valence electrons. The molecule has 0 saturated heterocycles. The number of fused-ring (bicyclic) bond motifs is 1. The third-order valence-electron chi connectivity index (χ3n) is 5.86. The molecule has 0 radical (unpaired) electrons. The summed E-state index contributed by atoms with van der Waals surface area (Å²) in [5.74, 6) is 0. The van der Waals surface area contributed by atoms with E-state index in [0.29, 0.717) is 22.0 Å². The lowest BCUT2D eigenvalue weighted by atomic mass is 9.96. The number of aromatic nitrogens is 4. The van der Waals surface area contributed by atoms with Crippen molar-refractivity contribution in [3.05, 3.63) is 83.9 Å². The fraction of sp³-hybridized carbons (Fsp3) is 0.185. The molecule has 0 fully saturated rings. The zero-order valence-electron chi connectivity index (χ0n) is 20.7. The SMILES string of the molecule is CC(C)(C)c1cnc(NC(=O)Nc2ccc(-c3cnc4cc(-c5ccncc5)ccn34)cc2C(F)(F)F)s1. The summed E-state index contributed by atoms with van der Waals surface area (Å²) in [7, 11) is 0. The van der Waals surface area contributed by atoms with Crippen molar-refractivity contribution in [2.75, 3.05) is 10.6 Å². The fourth-order valence-electron chi connectivity index (χ4n) is 3.89. The van der Waals surface area contributed by atoms with Crippen molar-refractivity contribution < 1.29 is 18.0 Å². The van der Waals surface area contributed by atoms with Gasteiger partial charge in [0, 0.05) is 35.2 Å². The Kier molecular flexibility index (Phi) is 6.39. The highest BCUT2D eigenvalue weighted by Crippen LogP contribution is 2.38. The number of carbonyl (C=O) groups excluding carboxylic acids is 1. The van der Waals surface area contributed by atoms with Crippen molar-refractivity contribution in [1.29, 1.82) is 0 Å². The van der Waals surface area contributed by atoms with Crippen molar-refractivity contribution in [3.8, 4) is 22.4 Å². The van der Waals surface area contributed by atoms with E-state index in [-0.39, 0.29) is 11.1 Å². The van der Waals surface area contributed by atoms with Crippen LogP contribution in [0.4, 0.5) is 28.8 Å². The molecular formula is C27H23F3N6OS. The first-order valence-electron chi connectivity index (χ1n) is 11.6. The second-order valence-electron chi connectivity index (χ2n) is 9.64. The van der Waals surface area contributed by atoms with E-state index >= 15 is 0 Å². The Morgan fingerprint density at radius 2 is 1.66 bits per heavy atom. The summed E-state index contributed by atoms with van der Waals surface area (Å²) in [6.07, 6.45) is 3.60. The summed E-state index contributed by atoms with van der Waals surface area (Å²) >= 11 is 1.27. The van der Waals surface area contributed by atoms with Crippen molar-refractivity contribution in [1.82, 2.24) is 19.4 Å². The molecule has 7 nitrogen and oxygen atoms in total. The van der Waals surface area contributed by atoms with E-state index < -0.39 is 17.8 Å². The van der Waals surface area contributed by atoms with Gasteiger partial charge in [-0.05, 0) is 52.9 Å². The van der Waals surface area contributed by atoms with Crippen LogP contribution in [-0.2, 0) is 11.6 Å². The van der Waals surface area contributed by atoms with Crippen LogP contribution in [0.5, 0.6) is 0 Å². The summed E-state index contributed by atoms with van der Waals surface area (Å²) in [6.45, 7) is 6.02. The average molecular weight is 537 g/mol. The summed E-state index contributed by atoms with van der Waals surface area (Å²) < 4.78 is 43.8. The van der Waals surface area contributed by atoms with Crippen LogP contribution in [0.25, 0.3) is 28.0 Å². The summed E-state index contributed by atoms with van der Waals surface area (Å²) in [5, 5.41) is 5.14. The number of urea groups is 1. The molecule has 0 bridgehead atoms. The molecule has 0 unspecified atom stereocenters. The quantitative estimate of drug-likeness (QED) is 0.249. The number of halogens is 3. The smallest absolute Gasteiger partial charge is 0.307 e. The van der Waals surface area contributed by atoms with Gasteiger partial charge in [-0.1, -0.05) is 26.8 Å². The molecule has 5 rings (SSSR count). The molecule has 2 N–H and O–H groups in total. The predicted molar refractivity (Wildman–Crippen MR) is 142 cm³/mol. The van der Waals surface area contributed by atoms with Crippen molar-refractivity contribution in [2.45, 2.75) is 32.4 Å². The number of rotatable bonds is 4. The maximum Gasteiger partial charge on any atom is 0.418 e. The Hall–Kier alpha value is -4.25. The molecule has 2 amide bonds. The first-order chi connectivity index (χ1) is 18.0. The highest BCUT2D eigenvalue weighted by Gasteiger charge is 2.34. The Labute approximate surface area is 220 Å². The summed E-state index contributed by atoms with van der Waals surface area (Å²) in [6, 6.07) is 10.4. The highest BCUT2D eigenvalue weighted by atomic mass is 32.1. The number of hydrogen-bond donors (Lipinski definition) is 2. The Morgan fingerprint density at radius 1 is 0.895 bits per heavy atom. The zero-order chi connectivity index (χ0) is 27.1. The largest absolute Gasteiger partial charge is 0.418 e. The van der Waals surface area contributed by atoms with E-state index in [1.165, 1.54) is 29.7 Å². The third kappa shape index (κ3) is 5.23. The van der Waals surface area contributed by atoms with Crippen LogP contribution < -0.4 is 10.6 Å². The van der Waals surface area contributed by atoms with E-state index in [1.54, 1.807) is 29.2 Å². The topological polar surface area (TPSA) is 84.2 Å². The molecule has 0 saturated carbocycles. The number of amides is 2. The van der Waals surface area contributed by atoms with Crippen LogP contribution in [0.2, 0.25) is 0 Å². The lowest BCUT2D eigenvalue weighted by Crippen LogP contribution is -2.21. The molecule has 0 spiro atoms. The van der Waals surface area contributed by atoms with Gasteiger partial charge in [0.25, 0.3) is 0 Å². The number of imidazole rings is 1. The number of alkyl halides is 3. The molecule has 38 heavy (non-hydrogen) atoms. The van der Waals surface area contributed by atoms with Gasteiger partial charge in [-0.3, -0.25) is 14.7 Å². The van der Waals surface area contributed by atoms with Crippen LogP contribution in [0.15, 0.2) is 73.4 Å². The minimum Gasteiger partial charge on any atom is -0.307 e. The lowest BCUT2D eigenvalue weighted by molar-refractivity contribution is -0.136. The molecule has 1 aromatic carbocycles. The van der Waals surface area contributed by atoms with E-state index in [0.717, 1.165) is 22.1 Å². The van der Waals surface area contributed by atoms with Gasteiger partial charge in [-0.25, -0.2) is 14.8 Å². The van der Waals surface area contributed by atoms with Crippen LogP contribution in [0.1, 0.15) is 31.2 Å². The van der Waals surface area contributed by atoms with E-state index in [9.17, 15) is 18.0 Å². The number of carbonyl (C=O) groups is 1. The van der Waals surface area contributed by atoms with Gasteiger partial charge < -0.3 is 5.32 Å². The minimum atomic E-state index is -4.70. The first kappa shape index (κ1) is 25.4. The molecule has 0 atom stereocenters. The maximum absolute atomic E-state index is 14.0.